The Balaban J connectivity index is 2.54. The molecule has 78 valence electrons. The molecule has 0 aromatic carbocycles. The van der Waals surface area contributed by atoms with Crippen molar-refractivity contribution in [3.63, 3.8) is 0 Å². The molecule has 2 atom stereocenters. The molecular formula is C8H12N2O2S2. The highest BCUT2D eigenvalue weighted by molar-refractivity contribution is 8.78. The summed E-state index contributed by atoms with van der Waals surface area (Å²) in [6, 6.07) is 0. The van der Waals surface area contributed by atoms with E-state index in [1.165, 1.54) is 21.6 Å². The van der Waals surface area contributed by atoms with Gasteiger partial charge in [-0.3, -0.25) is 9.59 Å². The van der Waals surface area contributed by atoms with Crippen LogP contribution < -0.4 is 0 Å². The van der Waals surface area contributed by atoms with Gasteiger partial charge in [-0.1, -0.05) is 21.6 Å². The summed E-state index contributed by atoms with van der Waals surface area (Å²) in [5.74, 6) is 0.0108. The molecule has 3 aliphatic rings. The van der Waals surface area contributed by atoms with Crippen molar-refractivity contribution in [3.05, 3.63) is 0 Å². The average Bonchev–Trinajstić information content (AvgIpc) is 2.16. The van der Waals surface area contributed by atoms with E-state index in [1.807, 2.05) is 0 Å². The Morgan fingerprint density at radius 1 is 0.929 bits per heavy atom. The van der Waals surface area contributed by atoms with Gasteiger partial charge < -0.3 is 9.80 Å². The fourth-order valence-corrected chi connectivity index (χ4v) is 4.84. The fourth-order valence-electron chi connectivity index (χ4n) is 1.64. The first kappa shape index (κ1) is 10.2. The van der Waals surface area contributed by atoms with Crippen LogP contribution >= 0.6 is 21.6 Å². The van der Waals surface area contributed by atoms with E-state index < -0.39 is 9.74 Å². The van der Waals surface area contributed by atoms with E-state index in [0.717, 1.165) is 0 Å². The van der Waals surface area contributed by atoms with Gasteiger partial charge in [-0.15, -0.1) is 0 Å². The number of hydrogen-bond donors (Lipinski definition) is 0. The van der Waals surface area contributed by atoms with Crippen LogP contribution in [0.15, 0.2) is 0 Å². The number of amides is 2. The number of piperazine rings is 1. The summed E-state index contributed by atoms with van der Waals surface area (Å²) in [4.78, 5) is 25.6. The van der Waals surface area contributed by atoms with E-state index in [-0.39, 0.29) is 11.8 Å². The van der Waals surface area contributed by atoms with Gasteiger partial charge in [-0.25, -0.2) is 0 Å². The predicted molar refractivity (Wildman–Crippen MR) is 57.5 cm³/mol. The molecule has 0 spiro atoms. The van der Waals surface area contributed by atoms with Crippen LogP contribution in [0.25, 0.3) is 0 Å². The Morgan fingerprint density at radius 2 is 1.21 bits per heavy atom. The van der Waals surface area contributed by atoms with Gasteiger partial charge in [0.15, 0.2) is 9.74 Å². The minimum atomic E-state index is -0.728. The molecule has 0 saturated carbocycles. The Kier molecular flexibility index (Phi) is 1.89. The van der Waals surface area contributed by atoms with Crippen molar-refractivity contribution in [2.45, 2.75) is 23.6 Å². The van der Waals surface area contributed by atoms with Crippen LogP contribution in [0, 0.1) is 0 Å². The molecule has 2 unspecified atom stereocenters. The lowest BCUT2D eigenvalue weighted by Gasteiger charge is -2.56. The molecule has 6 heteroatoms. The molecule has 0 radical (unpaired) electrons. The van der Waals surface area contributed by atoms with Gasteiger partial charge in [0.2, 0.25) is 0 Å². The van der Waals surface area contributed by atoms with Crippen molar-refractivity contribution in [2.24, 2.45) is 0 Å². The fraction of sp³-hybridized carbons (Fsp3) is 0.750. The predicted octanol–water partition coefficient (Wildman–Crippen LogP) is 0.744. The normalized spacial score (nSPS) is 42.3. The molecule has 2 amide bonds. The molecule has 0 aliphatic carbocycles. The highest BCUT2D eigenvalue weighted by atomic mass is 33.1. The van der Waals surface area contributed by atoms with Crippen LogP contribution in [0.2, 0.25) is 0 Å². The summed E-state index contributed by atoms with van der Waals surface area (Å²) in [7, 11) is 6.32. The Hall–Kier alpha value is -0.360. The molecule has 3 aliphatic heterocycles. The maximum absolute atomic E-state index is 12.0. The molecule has 2 bridgehead atoms. The van der Waals surface area contributed by atoms with Crippen molar-refractivity contribution in [2.75, 3.05) is 14.1 Å². The van der Waals surface area contributed by atoms with E-state index in [1.54, 1.807) is 37.7 Å². The van der Waals surface area contributed by atoms with Gasteiger partial charge in [0, 0.05) is 14.1 Å². The lowest BCUT2D eigenvalue weighted by Crippen LogP contribution is -2.73. The second kappa shape index (κ2) is 2.61. The number of fused-ring (bicyclic) bond motifs is 3. The van der Waals surface area contributed by atoms with Crippen LogP contribution in [0.3, 0.4) is 0 Å². The van der Waals surface area contributed by atoms with Gasteiger partial charge in [0.1, 0.15) is 0 Å². The van der Waals surface area contributed by atoms with E-state index in [4.69, 9.17) is 0 Å². The molecule has 3 saturated heterocycles. The second-order valence-electron chi connectivity index (χ2n) is 3.86. The highest BCUT2D eigenvalue weighted by Gasteiger charge is 2.63. The zero-order valence-corrected chi connectivity index (χ0v) is 10.2. The molecule has 3 fully saturated rings. The minimum Gasteiger partial charge on any atom is -0.319 e. The third-order valence-corrected chi connectivity index (χ3v) is 6.88. The Bertz CT molecular complexity index is 303. The largest absolute Gasteiger partial charge is 0.319 e. The van der Waals surface area contributed by atoms with Crippen LogP contribution in [0.1, 0.15) is 13.8 Å². The first-order valence-corrected chi connectivity index (χ1v) is 6.42. The number of likely N-dealkylation sites (N-methyl/N-ethyl adjacent to an activating group) is 2. The van der Waals surface area contributed by atoms with E-state index in [0.29, 0.717) is 0 Å². The summed E-state index contributed by atoms with van der Waals surface area (Å²) >= 11 is 0. The van der Waals surface area contributed by atoms with Gasteiger partial charge in [0.25, 0.3) is 11.8 Å². The zero-order chi connectivity index (χ0) is 10.7. The van der Waals surface area contributed by atoms with Crippen molar-refractivity contribution in [3.8, 4) is 0 Å². The van der Waals surface area contributed by atoms with Crippen molar-refractivity contribution < 1.29 is 9.59 Å². The summed E-state index contributed by atoms with van der Waals surface area (Å²) in [5, 5.41) is 0. The van der Waals surface area contributed by atoms with Crippen molar-refractivity contribution in [1.29, 1.82) is 0 Å². The third-order valence-electron chi connectivity index (χ3n) is 3.05. The van der Waals surface area contributed by atoms with Crippen molar-refractivity contribution in [1.82, 2.24) is 9.80 Å². The number of nitrogens with zero attached hydrogens (tertiary/aromatic N) is 2. The molecule has 14 heavy (non-hydrogen) atoms. The smallest absolute Gasteiger partial charge is 0.260 e. The molecule has 3 heterocycles. The van der Waals surface area contributed by atoms with Gasteiger partial charge in [-0.05, 0) is 13.8 Å². The van der Waals surface area contributed by atoms with E-state index >= 15 is 0 Å². The number of carbonyl (C=O) groups is 2. The number of hydrogen-bond acceptors (Lipinski definition) is 4. The average molecular weight is 232 g/mol. The third kappa shape index (κ3) is 0.883. The number of rotatable bonds is 0. The van der Waals surface area contributed by atoms with E-state index in [2.05, 4.69) is 0 Å². The van der Waals surface area contributed by atoms with E-state index in [9.17, 15) is 9.59 Å². The molecule has 0 N–H and O–H groups in total. The van der Waals surface area contributed by atoms with Crippen LogP contribution in [-0.2, 0) is 9.59 Å². The molecule has 0 aromatic heterocycles. The first-order valence-electron chi connectivity index (χ1n) is 4.27. The molecular weight excluding hydrogens is 220 g/mol. The van der Waals surface area contributed by atoms with Gasteiger partial charge >= 0.3 is 0 Å². The monoisotopic (exact) mass is 232 g/mol. The highest BCUT2D eigenvalue weighted by Crippen LogP contribution is 2.57. The van der Waals surface area contributed by atoms with Crippen LogP contribution in [0.4, 0.5) is 0 Å². The first-order chi connectivity index (χ1) is 6.34. The standard InChI is InChI=1S/C8H12N2O2S2/c1-7-5(11)10(4)8(2,14-13-7)6(12)9(7)3/h1-4H3. The zero-order valence-electron chi connectivity index (χ0n) is 8.53. The summed E-state index contributed by atoms with van der Waals surface area (Å²) in [6.45, 7) is 3.58. The summed E-state index contributed by atoms with van der Waals surface area (Å²) in [5.41, 5.74) is 0. The topological polar surface area (TPSA) is 40.6 Å². The lowest BCUT2D eigenvalue weighted by molar-refractivity contribution is -0.161. The van der Waals surface area contributed by atoms with Gasteiger partial charge in [-0.2, -0.15) is 0 Å². The Morgan fingerprint density at radius 3 is 1.50 bits per heavy atom. The maximum Gasteiger partial charge on any atom is 0.260 e. The summed E-state index contributed by atoms with van der Waals surface area (Å²) < 4.78 is 0. The quantitative estimate of drug-likeness (QED) is 0.578. The molecule has 4 nitrogen and oxygen atoms in total. The van der Waals surface area contributed by atoms with Crippen molar-refractivity contribution >= 4 is 33.4 Å². The maximum atomic E-state index is 12.0. The SMILES string of the molecule is CN1C(=O)C2(C)SSC1(C)C(=O)N2C. The summed E-state index contributed by atoms with van der Waals surface area (Å²) in [6.07, 6.45) is 0. The van der Waals surface area contributed by atoms with Crippen LogP contribution in [0.5, 0.6) is 0 Å². The van der Waals surface area contributed by atoms with Gasteiger partial charge in [0.05, 0.1) is 0 Å². The molecule has 3 rings (SSSR count). The van der Waals surface area contributed by atoms with Crippen LogP contribution in [-0.4, -0.2) is 45.5 Å². The molecule has 0 aromatic rings. The number of carbonyl (C=O) groups excluding carboxylic acids is 2. The minimum absolute atomic E-state index is 0.00542. The lowest BCUT2D eigenvalue weighted by atomic mass is 10.1. The Labute approximate surface area is 90.8 Å². The second-order valence-corrected chi connectivity index (χ2v) is 6.78.